The molecule has 0 aromatic heterocycles. The highest BCUT2D eigenvalue weighted by molar-refractivity contribution is 7.92. The minimum Gasteiger partial charge on any atom is -0.495 e. The number of ether oxygens (including phenoxy) is 1. The van der Waals surface area contributed by atoms with Crippen LogP contribution >= 0.6 is 11.6 Å². The Labute approximate surface area is 163 Å². The molecule has 27 heavy (non-hydrogen) atoms. The Bertz CT molecular complexity index is 996. The molecule has 1 N–H and O–H groups in total. The van der Waals surface area contributed by atoms with Gasteiger partial charge in [0.2, 0.25) is 15.9 Å². The third-order valence-corrected chi connectivity index (χ3v) is 8.13. The number of methoxy groups -OCH3 is 1. The lowest BCUT2D eigenvalue weighted by Gasteiger charge is -2.21. The van der Waals surface area contributed by atoms with Crippen LogP contribution in [-0.4, -0.2) is 37.0 Å². The molecule has 8 heteroatoms. The van der Waals surface area contributed by atoms with Gasteiger partial charge in [-0.1, -0.05) is 41.9 Å². The smallest absolute Gasteiger partial charge is 0.247 e. The summed E-state index contributed by atoms with van der Waals surface area (Å²) in [6, 6.07) is 14.2. The van der Waals surface area contributed by atoms with E-state index in [2.05, 4.69) is 5.32 Å². The molecule has 1 saturated carbocycles. The van der Waals surface area contributed by atoms with E-state index in [4.69, 9.17) is 16.3 Å². The van der Waals surface area contributed by atoms with E-state index in [1.165, 1.54) is 11.4 Å². The highest BCUT2D eigenvalue weighted by Crippen LogP contribution is 2.58. The molecular formula is C19H19ClN2O4S. The predicted molar refractivity (Wildman–Crippen MR) is 103 cm³/mol. The summed E-state index contributed by atoms with van der Waals surface area (Å²) in [7, 11) is -2.23. The number of carbonyl (C=O) groups excluding carboxylic acids is 1. The zero-order chi connectivity index (χ0) is 19.2. The number of nitrogens with one attached hydrogen (secondary N) is 1. The molecule has 4 rings (SSSR count). The van der Waals surface area contributed by atoms with Gasteiger partial charge in [-0.2, -0.15) is 4.31 Å². The summed E-state index contributed by atoms with van der Waals surface area (Å²) in [5, 5.41) is 3.06. The maximum absolute atomic E-state index is 13.1. The summed E-state index contributed by atoms with van der Waals surface area (Å²) in [5.41, 5.74) is 1.35. The molecule has 2 aromatic carbocycles. The quantitative estimate of drug-likeness (QED) is 0.828. The van der Waals surface area contributed by atoms with Crippen LogP contribution in [0, 0.1) is 5.92 Å². The van der Waals surface area contributed by atoms with Crippen molar-refractivity contribution in [1.82, 2.24) is 4.31 Å². The molecular weight excluding hydrogens is 388 g/mol. The molecule has 0 radical (unpaired) electrons. The SMILES string of the molecule is COc1ccc(NC(=O)[C@]23C[C@@H]2CN(Cc2ccccc2)S3(=O)=O)cc1Cl. The molecule has 6 nitrogen and oxygen atoms in total. The van der Waals surface area contributed by atoms with Gasteiger partial charge in [-0.15, -0.1) is 0 Å². The van der Waals surface area contributed by atoms with Crippen molar-refractivity contribution < 1.29 is 17.9 Å². The first-order valence-electron chi connectivity index (χ1n) is 8.57. The fourth-order valence-electron chi connectivity index (χ4n) is 3.72. The van der Waals surface area contributed by atoms with Crippen molar-refractivity contribution >= 4 is 33.2 Å². The van der Waals surface area contributed by atoms with Crippen LogP contribution in [-0.2, 0) is 21.4 Å². The van der Waals surface area contributed by atoms with E-state index < -0.39 is 20.7 Å². The van der Waals surface area contributed by atoms with Crippen LogP contribution in [0.1, 0.15) is 12.0 Å². The Morgan fingerprint density at radius 2 is 2.04 bits per heavy atom. The summed E-state index contributed by atoms with van der Waals surface area (Å²) >= 11 is 6.08. The van der Waals surface area contributed by atoms with Crippen LogP contribution in [0.15, 0.2) is 48.5 Å². The summed E-state index contributed by atoms with van der Waals surface area (Å²) < 4.78 is 31.3. The number of fused-ring (bicyclic) bond motifs is 1. The van der Waals surface area contributed by atoms with E-state index in [9.17, 15) is 13.2 Å². The second kappa shape index (κ2) is 6.51. The van der Waals surface area contributed by atoms with Gasteiger partial charge in [0, 0.05) is 24.7 Å². The van der Waals surface area contributed by atoms with Gasteiger partial charge < -0.3 is 10.1 Å². The molecule has 2 atom stereocenters. The van der Waals surface area contributed by atoms with Gasteiger partial charge in [-0.3, -0.25) is 4.79 Å². The highest BCUT2D eigenvalue weighted by Gasteiger charge is 2.75. The number of amides is 1. The average molecular weight is 407 g/mol. The van der Waals surface area contributed by atoms with E-state index in [1.54, 1.807) is 18.2 Å². The molecule has 1 heterocycles. The maximum Gasteiger partial charge on any atom is 0.247 e. The van der Waals surface area contributed by atoms with Gasteiger partial charge in [0.05, 0.1) is 12.1 Å². The number of hydrogen-bond donors (Lipinski definition) is 1. The summed E-state index contributed by atoms with van der Waals surface area (Å²) in [5.74, 6) is -0.191. The Balaban J connectivity index is 1.54. The number of anilines is 1. The minimum atomic E-state index is -3.73. The van der Waals surface area contributed by atoms with Crippen LogP contribution < -0.4 is 10.1 Å². The molecule has 0 bridgehead atoms. The summed E-state index contributed by atoms with van der Waals surface area (Å²) in [6.07, 6.45) is 0.357. The Morgan fingerprint density at radius 1 is 1.30 bits per heavy atom. The second-order valence-electron chi connectivity index (χ2n) is 6.88. The third-order valence-electron chi connectivity index (χ3n) is 5.27. The molecule has 2 aliphatic rings. The Morgan fingerprint density at radius 3 is 2.70 bits per heavy atom. The second-order valence-corrected chi connectivity index (χ2v) is 9.48. The first-order chi connectivity index (χ1) is 12.9. The number of benzene rings is 2. The Hall–Kier alpha value is -2.09. The first-order valence-corrected chi connectivity index (χ1v) is 10.4. The number of nitrogens with zero attached hydrogens (tertiary/aromatic N) is 1. The Kier molecular flexibility index (Phi) is 4.41. The van der Waals surface area contributed by atoms with Gasteiger partial charge >= 0.3 is 0 Å². The largest absolute Gasteiger partial charge is 0.495 e. The summed E-state index contributed by atoms with van der Waals surface area (Å²) in [4.78, 5) is 12.9. The number of hydrogen-bond acceptors (Lipinski definition) is 4. The van der Waals surface area contributed by atoms with E-state index in [0.717, 1.165) is 5.56 Å². The average Bonchev–Trinajstić information content (AvgIpc) is 3.33. The summed E-state index contributed by atoms with van der Waals surface area (Å²) in [6.45, 7) is 0.650. The van der Waals surface area contributed by atoms with Crippen molar-refractivity contribution in [1.29, 1.82) is 0 Å². The molecule has 0 spiro atoms. The van der Waals surface area contributed by atoms with Crippen LogP contribution in [0.2, 0.25) is 5.02 Å². The van der Waals surface area contributed by atoms with Crippen LogP contribution in [0.4, 0.5) is 5.69 Å². The van der Waals surface area contributed by atoms with Crippen molar-refractivity contribution in [3.8, 4) is 5.75 Å². The highest BCUT2D eigenvalue weighted by atomic mass is 35.5. The topological polar surface area (TPSA) is 75.7 Å². The van der Waals surface area contributed by atoms with Crippen LogP contribution in [0.5, 0.6) is 5.75 Å². The fraction of sp³-hybridized carbons (Fsp3) is 0.316. The van der Waals surface area contributed by atoms with Crippen molar-refractivity contribution in [3.63, 3.8) is 0 Å². The lowest BCUT2D eigenvalue weighted by Crippen LogP contribution is -2.41. The van der Waals surface area contributed by atoms with Crippen LogP contribution in [0.3, 0.4) is 0 Å². The lowest BCUT2D eigenvalue weighted by atomic mass is 10.2. The number of halogens is 1. The van der Waals surface area contributed by atoms with Gasteiger partial charge in [-0.25, -0.2) is 8.42 Å². The van der Waals surface area contributed by atoms with Crippen molar-refractivity contribution in [2.24, 2.45) is 5.92 Å². The zero-order valence-electron chi connectivity index (χ0n) is 14.7. The molecule has 2 aromatic rings. The van der Waals surface area contributed by atoms with Crippen molar-refractivity contribution in [2.45, 2.75) is 17.7 Å². The van der Waals surface area contributed by atoms with Crippen LogP contribution in [0.25, 0.3) is 0 Å². The molecule has 1 amide bonds. The molecule has 142 valence electrons. The molecule has 0 unspecified atom stereocenters. The van der Waals surface area contributed by atoms with Gasteiger partial charge in [-0.05, 0) is 30.2 Å². The third kappa shape index (κ3) is 2.90. The standard InChI is InChI=1S/C19H19ClN2O4S/c1-26-17-8-7-15(9-16(17)20)21-18(23)19-10-14(19)12-22(27(19,24)25)11-13-5-3-2-4-6-13/h2-9,14H,10-12H2,1H3,(H,21,23)/t14-,19+/m1/s1. The number of rotatable bonds is 5. The van der Waals surface area contributed by atoms with E-state index in [-0.39, 0.29) is 12.5 Å². The van der Waals surface area contributed by atoms with Gasteiger partial charge in [0.25, 0.3) is 0 Å². The van der Waals surface area contributed by atoms with Gasteiger partial charge in [0.1, 0.15) is 5.75 Å². The molecule has 1 aliphatic heterocycles. The monoisotopic (exact) mass is 406 g/mol. The minimum absolute atomic E-state index is 0.181. The van der Waals surface area contributed by atoms with E-state index in [0.29, 0.717) is 29.4 Å². The maximum atomic E-state index is 13.1. The van der Waals surface area contributed by atoms with E-state index in [1.807, 2.05) is 30.3 Å². The molecule has 1 saturated heterocycles. The number of sulfonamides is 1. The fourth-order valence-corrected chi connectivity index (χ4v) is 6.33. The van der Waals surface area contributed by atoms with Gasteiger partial charge in [0.15, 0.2) is 4.75 Å². The normalized spacial score (nSPS) is 25.6. The molecule has 2 fully saturated rings. The molecule has 1 aliphatic carbocycles. The first kappa shape index (κ1) is 18.3. The van der Waals surface area contributed by atoms with Crippen molar-refractivity contribution in [3.05, 3.63) is 59.1 Å². The lowest BCUT2D eigenvalue weighted by molar-refractivity contribution is -0.116. The predicted octanol–water partition coefficient (Wildman–Crippen LogP) is 2.89. The van der Waals surface area contributed by atoms with Crippen molar-refractivity contribution in [2.75, 3.05) is 19.0 Å². The van der Waals surface area contributed by atoms with E-state index >= 15 is 0 Å². The zero-order valence-corrected chi connectivity index (χ0v) is 16.3. The number of carbonyl (C=O) groups is 1.